The zero-order chi connectivity index (χ0) is 15.2. The number of imide groups is 1. The van der Waals surface area contributed by atoms with Gasteiger partial charge in [-0.05, 0) is 25.2 Å². The second-order valence-electron chi connectivity index (χ2n) is 6.20. The molecule has 1 saturated heterocycles. The smallest absolute Gasteiger partial charge is 0.249 e. The van der Waals surface area contributed by atoms with Gasteiger partial charge >= 0.3 is 0 Å². The fourth-order valence-corrected chi connectivity index (χ4v) is 3.13. The highest BCUT2D eigenvalue weighted by Gasteiger charge is 2.29. The van der Waals surface area contributed by atoms with Gasteiger partial charge in [0, 0.05) is 6.42 Å². The number of carbonyl (C=O) groups is 3. The summed E-state index contributed by atoms with van der Waals surface area (Å²) in [5.74, 6) is -0.320. The van der Waals surface area contributed by atoms with Crippen LogP contribution in [0, 0.1) is 5.92 Å². The van der Waals surface area contributed by atoms with Crippen molar-refractivity contribution in [3.63, 3.8) is 0 Å². The standard InChI is InChI=1S/C15H25N3O3/c16-11(7-6-10-4-2-1-3-5-10)14(20)17-12-8-9-13(19)18-15(12)21/h10-12H,1-9,16H2,(H,17,20)(H,18,19,21)/t11-,12?/m1/s1. The van der Waals surface area contributed by atoms with E-state index in [1.807, 2.05) is 0 Å². The molecule has 1 saturated carbocycles. The average molecular weight is 295 g/mol. The van der Waals surface area contributed by atoms with Crippen LogP contribution < -0.4 is 16.4 Å². The highest BCUT2D eigenvalue weighted by molar-refractivity contribution is 6.01. The molecule has 0 spiro atoms. The van der Waals surface area contributed by atoms with Gasteiger partial charge in [0.2, 0.25) is 17.7 Å². The van der Waals surface area contributed by atoms with Gasteiger partial charge in [0.25, 0.3) is 0 Å². The molecule has 21 heavy (non-hydrogen) atoms. The van der Waals surface area contributed by atoms with Crippen LogP contribution in [0.5, 0.6) is 0 Å². The van der Waals surface area contributed by atoms with E-state index in [-0.39, 0.29) is 18.2 Å². The van der Waals surface area contributed by atoms with Gasteiger partial charge in [-0.25, -0.2) is 0 Å². The van der Waals surface area contributed by atoms with E-state index in [1.54, 1.807) is 0 Å². The topological polar surface area (TPSA) is 101 Å². The maximum absolute atomic E-state index is 12.0. The van der Waals surface area contributed by atoms with Gasteiger partial charge in [-0.15, -0.1) is 0 Å². The van der Waals surface area contributed by atoms with Crippen LogP contribution in [0.3, 0.4) is 0 Å². The number of piperidine rings is 1. The van der Waals surface area contributed by atoms with E-state index in [2.05, 4.69) is 10.6 Å². The third-order valence-electron chi connectivity index (χ3n) is 4.50. The summed E-state index contributed by atoms with van der Waals surface area (Å²) in [6.07, 6.45) is 8.60. The zero-order valence-electron chi connectivity index (χ0n) is 12.4. The van der Waals surface area contributed by atoms with Crippen molar-refractivity contribution in [1.29, 1.82) is 0 Å². The zero-order valence-corrected chi connectivity index (χ0v) is 12.4. The van der Waals surface area contributed by atoms with Crippen LogP contribution in [-0.2, 0) is 14.4 Å². The summed E-state index contributed by atoms with van der Waals surface area (Å²) in [4.78, 5) is 34.6. The van der Waals surface area contributed by atoms with Crippen LogP contribution in [0.2, 0.25) is 0 Å². The number of amides is 3. The molecule has 2 aliphatic rings. The molecule has 1 aliphatic carbocycles. The second-order valence-corrected chi connectivity index (χ2v) is 6.20. The lowest BCUT2D eigenvalue weighted by Gasteiger charge is -2.25. The quantitative estimate of drug-likeness (QED) is 0.646. The first kappa shape index (κ1) is 15.9. The van der Waals surface area contributed by atoms with Crippen LogP contribution in [0.25, 0.3) is 0 Å². The van der Waals surface area contributed by atoms with Crippen molar-refractivity contribution in [2.45, 2.75) is 69.9 Å². The van der Waals surface area contributed by atoms with Gasteiger partial charge in [-0.1, -0.05) is 32.1 Å². The van der Waals surface area contributed by atoms with E-state index >= 15 is 0 Å². The monoisotopic (exact) mass is 295 g/mol. The minimum absolute atomic E-state index is 0.258. The van der Waals surface area contributed by atoms with Crippen molar-refractivity contribution in [3.8, 4) is 0 Å². The molecule has 0 radical (unpaired) electrons. The minimum atomic E-state index is -0.629. The van der Waals surface area contributed by atoms with E-state index < -0.39 is 18.0 Å². The summed E-state index contributed by atoms with van der Waals surface area (Å²) in [6, 6.07) is -1.20. The van der Waals surface area contributed by atoms with Crippen molar-refractivity contribution < 1.29 is 14.4 Å². The van der Waals surface area contributed by atoms with Crippen LogP contribution in [0.1, 0.15) is 57.8 Å². The molecule has 1 heterocycles. The lowest BCUT2D eigenvalue weighted by Crippen LogP contribution is -2.55. The molecule has 2 rings (SSSR count). The summed E-state index contributed by atoms with van der Waals surface area (Å²) < 4.78 is 0. The first-order chi connectivity index (χ1) is 10.1. The van der Waals surface area contributed by atoms with E-state index in [9.17, 15) is 14.4 Å². The van der Waals surface area contributed by atoms with Crippen molar-refractivity contribution in [3.05, 3.63) is 0 Å². The molecule has 1 aliphatic heterocycles. The molecule has 0 aromatic rings. The SMILES string of the molecule is N[C@H](CCC1CCCCC1)C(=O)NC1CCC(=O)NC1=O. The number of hydrogen-bond acceptors (Lipinski definition) is 4. The van der Waals surface area contributed by atoms with E-state index in [1.165, 1.54) is 32.1 Å². The molecule has 1 unspecified atom stereocenters. The van der Waals surface area contributed by atoms with Gasteiger partial charge in [0.15, 0.2) is 0 Å². The van der Waals surface area contributed by atoms with Gasteiger partial charge in [-0.2, -0.15) is 0 Å². The Kier molecular flexibility index (Phi) is 5.73. The third-order valence-corrected chi connectivity index (χ3v) is 4.50. The van der Waals surface area contributed by atoms with Gasteiger partial charge in [0.1, 0.15) is 6.04 Å². The van der Waals surface area contributed by atoms with E-state index in [0.29, 0.717) is 18.8 Å². The molecule has 2 atom stereocenters. The minimum Gasteiger partial charge on any atom is -0.343 e. The maximum Gasteiger partial charge on any atom is 0.249 e. The first-order valence-corrected chi connectivity index (χ1v) is 7.96. The molecular formula is C15H25N3O3. The molecule has 6 heteroatoms. The Morgan fingerprint density at radius 2 is 1.95 bits per heavy atom. The molecule has 0 bridgehead atoms. The predicted molar refractivity (Wildman–Crippen MR) is 78.1 cm³/mol. The summed E-state index contributed by atoms with van der Waals surface area (Å²) in [6.45, 7) is 0. The number of rotatable bonds is 5. The molecule has 0 aromatic carbocycles. The Morgan fingerprint density at radius 1 is 1.24 bits per heavy atom. The van der Waals surface area contributed by atoms with Gasteiger partial charge in [-0.3, -0.25) is 19.7 Å². The normalized spacial score (nSPS) is 25.3. The summed E-state index contributed by atoms with van der Waals surface area (Å²) in [5, 5.41) is 4.87. The number of carbonyl (C=O) groups excluding carboxylic acids is 3. The lowest BCUT2D eigenvalue weighted by atomic mass is 9.85. The Labute approximate surface area is 125 Å². The highest BCUT2D eigenvalue weighted by Crippen LogP contribution is 2.27. The lowest BCUT2D eigenvalue weighted by molar-refractivity contribution is -0.137. The Balaban J connectivity index is 1.71. The first-order valence-electron chi connectivity index (χ1n) is 7.96. The Bertz CT molecular complexity index is 405. The summed E-state index contributed by atoms with van der Waals surface area (Å²) in [5.41, 5.74) is 5.91. The van der Waals surface area contributed by atoms with Crippen molar-refractivity contribution in [1.82, 2.24) is 10.6 Å². The number of nitrogens with two attached hydrogens (primary N) is 1. The van der Waals surface area contributed by atoms with Crippen LogP contribution in [0.15, 0.2) is 0 Å². The number of hydrogen-bond donors (Lipinski definition) is 3. The van der Waals surface area contributed by atoms with Crippen molar-refractivity contribution >= 4 is 17.7 Å². The molecule has 6 nitrogen and oxygen atoms in total. The average Bonchev–Trinajstić information content (AvgIpc) is 2.48. The number of nitrogens with one attached hydrogen (secondary N) is 2. The van der Waals surface area contributed by atoms with Crippen LogP contribution in [0.4, 0.5) is 0 Å². The molecular weight excluding hydrogens is 270 g/mol. The van der Waals surface area contributed by atoms with Gasteiger partial charge < -0.3 is 11.1 Å². The molecule has 4 N–H and O–H groups in total. The summed E-state index contributed by atoms with van der Waals surface area (Å²) >= 11 is 0. The van der Waals surface area contributed by atoms with E-state index in [0.717, 1.165) is 6.42 Å². The summed E-state index contributed by atoms with van der Waals surface area (Å²) in [7, 11) is 0. The molecule has 0 aromatic heterocycles. The fraction of sp³-hybridized carbons (Fsp3) is 0.800. The molecule has 2 fully saturated rings. The Hall–Kier alpha value is -1.43. The Morgan fingerprint density at radius 3 is 2.62 bits per heavy atom. The highest BCUT2D eigenvalue weighted by atomic mass is 16.2. The van der Waals surface area contributed by atoms with Crippen molar-refractivity contribution in [2.24, 2.45) is 11.7 Å². The second kappa shape index (κ2) is 7.54. The molecule has 118 valence electrons. The van der Waals surface area contributed by atoms with Gasteiger partial charge in [0.05, 0.1) is 6.04 Å². The third kappa shape index (κ3) is 4.81. The van der Waals surface area contributed by atoms with Crippen molar-refractivity contribution in [2.75, 3.05) is 0 Å². The largest absolute Gasteiger partial charge is 0.343 e. The fourth-order valence-electron chi connectivity index (χ4n) is 3.13. The molecule has 3 amide bonds. The van der Waals surface area contributed by atoms with Crippen LogP contribution >= 0.6 is 0 Å². The van der Waals surface area contributed by atoms with Crippen LogP contribution in [-0.4, -0.2) is 29.8 Å². The maximum atomic E-state index is 12.0. The predicted octanol–water partition coefficient (Wildman–Crippen LogP) is 0.596. The van der Waals surface area contributed by atoms with E-state index in [4.69, 9.17) is 5.73 Å².